The molecule has 0 atom stereocenters. The molecule has 0 saturated heterocycles. The van der Waals surface area contributed by atoms with Crippen LogP contribution >= 0.6 is 0 Å². The zero-order valence-corrected chi connectivity index (χ0v) is 13.5. The lowest BCUT2D eigenvalue weighted by Gasteiger charge is -2.04. The van der Waals surface area contributed by atoms with E-state index in [0.29, 0.717) is 18.1 Å². The minimum absolute atomic E-state index is 0.0875. The van der Waals surface area contributed by atoms with E-state index in [0.717, 1.165) is 11.1 Å². The average molecular weight is 324 g/mol. The van der Waals surface area contributed by atoms with Crippen LogP contribution in [0.3, 0.4) is 0 Å². The van der Waals surface area contributed by atoms with Crippen molar-refractivity contribution in [2.45, 2.75) is 20.4 Å². The number of rotatable bonds is 4. The predicted octanol–water partition coefficient (Wildman–Crippen LogP) is 2.95. The fourth-order valence-corrected chi connectivity index (χ4v) is 2.40. The van der Waals surface area contributed by atoms with E-state index < -0.39 is 0 Å². The molecule has 3 aromatic rings. The molecule has 3 rings (SSSR count). The first-order valence-corrected chi connectivity index (χ1v) is 7.56. The number of amides is 1. The van der Waals surface area contributed by atoms with Crippen LogP contribution in [0, 0.1) is 19.7 Å². The summed E-state index contributed by atoms with van der Waals surface area (Å²) in [5.41, 5.74) is 2.80. The van der Waals surface area contributed by atoms with E-state index >= 15 is 0 Å². The molecule has 0 spiro atoms. The van der Waals surface area contributed by atoms with Gasteiger partial charge in [-0.1, -0.05) is 29.8 Å². The van der Waals surface area contributed by atoms with Gasteiger partial charge in [0.1, 0.15) is 11.6 Å². The first-order valence-electron chi connectivity index (χ1n) is 7.56. The molecular formula is C18H17FN4O. The van der Waals surface area contributed by atoms with Gasteiger partial charge in [0, 0.05) is 6.54 Å². The Kier molecular flexibility index (Phi) is 4.37. The van der Waals surface area contributed by atoms with Gasteiger partial charge in [0.2, 0.25) is 5.82 Å². The van der Waals surface area contributed by atoms with Crippen LogP contribution in [0.15, 0.2) is 48.5 Å². The fraction of sp³-hybridized carbons (Fsp3) is 0.167. The van der Waals surface area contributed by atoms with E-state index in [-0.39, 0.29) is 17.5 Å². The topological polar surface area (TPSA) is 59.8 Å². The number of carbonyl (C=O) groups is 1. The monoisotopic (exact) mass is 324 g/mol. The highest BCUT2D eigenvalue weighted by Gasteiger charge is 2.15. The third-order valence-corrected chi connectivity index (χ3v) is 3.58. The molecule has 0 saturated carbocycles. The van der Waals surface area contributed by atoms with E-state index in [1.54, 1.807) is 19.1 Å². The molecular weight excluding hydrogens is 307 g/mol. The first kappa shape index (κ1) is 15.9. The summed E-state index contributed by atoms with van der Waals surface area (Å²) in [6.07, 6.45) is 0. The van der Waals surface area contributed by atoms with Gasteiger partial charge in [-0.2, -0.15) is 0 Å². The van der Waals surface area contributed by atoms with Gasteiger partial charge in [0.15, 0.2) is 0 Å². The zero-order valence-electron chi connectivity index (χ0n) is 13.5. The van der Waals surface area contributed by atoms with E-state index in [1.165, 1.54) is 16.8 Å². The number of hydrogen-bond acceptors (Lipinski definition) is 3. The Morgan fingerprint density at radius 3 is 2.62 bits per heavy atom. The molecule has 0 aliphatic heterocycles. The van der Waals surface area contributed by atoms with Crippen LogP contribution in [0.1, 0.15) is 27.6 Å². The molecule has 1 amide bonds. The molecule has 1 N–H and O–H groups in total. The van der Waals surface area contributed by atoms with Gasteiger partial charge >= 0.3 is 0 Å². The van der Waals surface area contributed by atoms with E-state index in [4.69, 9.17) is 0 Å². The van der Waals surface area contributed by atoms with Crippen molar-refractivity contribution in [1.29, 1.82) is 0 Å². The molecule has 0 radical (unpaired) electrons. The molecule has 6 heteroatoms. The van der Waals surface area contributed by atoms with E-state index in [1.807, 2.05) is 31.2 Å². The highest BCUT2D eigenvalue weighted by molar-refractivity contribution is 5.90. The number of hydrogen-bond donors (Lipinski definition) is 1. The van der Waals surface area contributed by atoms with Crippen molar-refractivity contribution in [1.82, 2.24) is 20.1 Å². The van der Waals surface area contributed by atoms with Crippen molar-refractivity contribution in [2.75, 3.05) is 0 Å². The number of benzene rings is 2. The van der Waals surface area contributed by atoms with Crippen LogP contribution in [0.2, 0.25) is 0 Å². The highest BCUT2D eigenvalue weighted by Crippen LogP contribution is 2.11. The number of halogens is 1. The largest absolute Gasteiger partial charge is 0.345 e. The van der Waals surface area contributed by atoms with Gasteiger partial charge in [-0.25, -0.2) is 14.1 Å². The number of aromatic nitrogens is 3. The SMILES string of the molecule is Cc1cccc(CNC(=O)c2nc(C)n(-c3ccc(F)cc3)n2)c1. The van der Waals surface area contributed by atoms with Crippen LogP contribution in [0.5, 0.6) is 0 Å². The molecule has 0 fully saturated rings. The molecule has 0 aliphatic rings. The van der Waals surface area contributed by atoms with Gasteiger partial charge < -0.3 is 5.32 Å². The van der Waals surface area contributed by atoms with Crippen molar-refractivity contribution in [3.05, 3.63) is 77.1 Å². The molecule has 1 aromatic heterocycles. The number of nitrogens with one attached hydrogen (secondary N) is 1. The quantitative estimate of drug-likeness (QED) is 0.803. The van der Waals surface area contributed by atoms with Crippen molar-refractivity contribution < 1.29 is 9.18 Å². The molecule has 5 nitrogen and oxygen atoms in total. The van der Waals surface area contributed by atoms with Crippen molar-refractivity contribution in [2.24, 2.45) is 0 Å². The summed E-state index contributed by atoms with van der Waals surface area (Å²) >= 11 is 0. The maximum absolute atomic E-state index is 13.0. The lowest BCUT2D eigenvalue weighted by molar-refractivity contribution is 0.0940. The maximum Gasteiger partial charge on any atom is 0.291 e. The zero-order chi connectivity index (χ0) is 17.1. The third kappa shape index (κ3) is 3.48. The Morgan fingerprint density at radius 2 is 1.92 bits per heavy atom. The standard InChI is InChI=1S/C18H17FN4O/c1-12-4-3-5-14(10-12)11-20-18(24)17-21-13(2)23(22-17)16-8-6-15(19)7-9-16/h3-10H,11H2,1-2H3,(H,20,24). The van der Waals surface area contributed by atoms with Gasteiger partial charge in [-0.15, -0.1) is 5.10 Å². The Labute approximate surface area is 139 Å². The van der Waals surface area contributed by atoms with Crippen molar-refractivity contribution in [3.8, 4) is 5.69 Å². The van der Waals surface area contributed by atoms with Gasteiger partial charge in [0.25, 0.3) is 5.91 Å². The Balaban J connectivity index is 1.74. The van der Waals surface area contributed by atoms with Gasteiger partial charge in [0.05, 0.1) is 5.69 Å². The second-order valence-electron chi connectivity index (χ2n) is 5.54. The van der Waals surface area contributed by atoms with Crippen LogP contribution in [0.25, 0.3) is 5.69 Å². The number of nitrogens with zero attached hydrogens (tertiary/aromatic N) is 3. The van der Waals surface area contributed by atoms with Gasteiger partial charge in [-0.3, -0.25) is 4.79 Å². The smallest absolute Gasteiger partial charge is 0.291 e. The van der Waals surface area contributed by atoms with Crippen LogP contribution in [-0.2, 0) is 6.54 Å². The molecule has 2 aromatic carbocycles. The minimum atomic E-state index is -0.347. The summed E-state index contributed by atoms with van der Waals surface area (Å²) < 4.78 is 14.5. The lowest BCUT2D eigenvalue weighted by Crippen LogP contribution is -2.24. The van der Waals surface area contributed by atoms with Crippen LogP contribution in [-0.4, -0.2) is 20.7 Å². The Morgan fingerprint density at radius 1 is 1.17 bits per heavy atom. The van der Waals surface area contributed by atoms with E-state index in [2.05, 4.69) is 15.4 Å². The second kappa shape index (κ2) is 6.62. The van der Waals surface area contributed by atoms with Crippen LogP contribution < -0.4 is 5.32 Å². The first-order chi connectivity index (χ1) is 11.5. The Hall–Kier alpha value is -3.02. The molecule has 0 bridgehead atoms. The minimum Gasteiger partial charge on any atom is -0.345 e. The lowest BCUT2D eigenvalue weighted by atomic mass is 10.1. The number of aryl methyl sites for hydroxylation is 2. The Bertz CT molecular complexity index is 871. The number of carbonyl (C=O) groups excluding carboxylic acids is 1. The third-order valence-electron chi connectivity index (χ3n) is 3.58. The summed E-state index contributed by atoms with van der Waals surface area (Å²) in [6, 6.07) is 13.8. The summed E-state index contributed by atoms with van der Waals surface area (Å²) in [6.45, 7) is 4.15. The molecule has 0 aliphatic carbocycles. The maximum atomic E-state index is 13.0. The highest BCUT2D eigenvalue weighted by atomic mass is 19.1. The second-order valence-corrected chi connectivity index (χ2v) is 5.54. The van der Waals surface area contributed by atoms with E-state index in [9.17, 15) is 9.18 Å². The molecule has 122 valence electrons. The van der Waals surface area contributed by atoms with Crippen molar-refractivity contribution in [3.63, 3.8) is 0 Å². The molecule has 24 heavy (non-hydrogen) atoms. The summed E-state index contributed by atoms with van der Waals surface area (Å²) in [5, 5.41) is 7.02. The van der Waals surface area contributed by atoms with Crippen LogP contribution in [0.4, 0.5) is 4.39 Å². The normalized spacial score (nSPS) is 10.6. The average Bonchev–Trinajstić information content (AvgIpc) is 2.95. The fourth-order valence-electron chi connectivity index (χ4n) is 2.40. The predicted molar refractivity (Wildman–Crippen MR) is 88.4 cm³/mol. The summed E-state index contributed by atoms with van der Waals surface area (Å²) in [5.74, 6) is -0.0279. The summed E-state index contributed by atoms with van der Waals surface area (Å²) in [7, 11) is 0. The van der Waals surface area contributed by atoms with Crippen molar-refractivity contribution >= 4 is 5.91 Å². The molecule has 1 heterocycles. The van der Waals surface area contributed by atoms with Gasteiger partial charge in [-0.05, 0) is 43.7 Å². The molecule has 0 unspecified atom stereocenters. The summed E-state index contributed by atoms with van der Waals surface area (Å²) in [4.78, 5) is 16.4.